The lowest BCUT2D eigenvalue weighted by Crippen LogP contribution is -2.58. The maximum absolute atomic E-state index is 13.5. The van der Waals surface area contributed by atoms with Crippen LogP contribution in [0.4, 0.5) is 8.78 Å². The summed E-state index contributed by atoms with van der Waals surface area (Å²) in [5, 5.41) is 17.4. The second-order valence-electron chi connectivity index (χ2n) is 10.8. The molecule has 2 fully saturated rings. The number of benzene rings is 1. The van der Waals surface area contributed by atoms with Gasteiger partial charge in [0.05, 0.1) is 11.7 Å². The first kappa shape index (κ1) is 26.1. The van der Waals surface area contributed by atoms with Crippen molar-refractivity contribution < 1.29 is 23.5 Å². The summed E-state index contributed by atoms with van der Waals surface area (Å²) in [5.41, 5.74) is 0.651. The highest BCUT2D eigenvalue weighted by Gasteiger charge is 2.53. The number of nitrogens with one attached hydrogen (secondary N) is 2. The van der Waals surface area contributed by atoms with Gasteiger partial charge in [-0.3, -0.25) is 9.59 Å². The maximum atomic E-state index is 13.5. The number of aliphatic hydroxyl groups excluding tert-OH is 1. The Morgan fingerprint density at radius 1 is 1.14 bits per heavy atom. The van der Waals surface area contributed by atoms with Crippen molar-refractivity contribution in [2.75, 3.05) is 0 Å². The number of fused-ring (bicyclic) bond motifs is 1. The zero-order chi connectivity index (χ0) is 26.0. The quantitative estimate of drug-likeness (QED) is 0.562. The topological polar surface area (TPSA) is 104 Å². The van der Waals surface area contributed by atoms with E-state index in [2.05, 4.69) is 34.4 Å². The van der Waals surface area contributed by atoms with Crippen LogP contribution in [0.15, 0.2) is 36.9 Å². The van der Waals surface area contributed by atoms with Crippen molar-refractivity contribution in [1.82, 2.24) is 20.6 Å². The molecule has 1 aromatic carbocycles. The summed E-state index contributed by atoms with van der Waals surface area (Å²) in [5.74, 6) is -2.71. The average Bonchev–Trinajstić information content (AvgIpc) is 2.84. The Morgan fingerprint density at radius 2 is 1.78 bits per heavy atom. The standard InChI is InChI=1S/C27H34F2N4O3/c1-15(25(35)32-11-17-8-19(28)10-20(29)9-17)21-4-6-27(3)7-5-22(16(2)23(27)24(21)34)33-26(36)18-12-30-14-31-13-18/h8-10,12-16,21-24,34H,4-7,11H2,1-3H3,(H,32,35)(H,33,36)/t15-,16+,21+,22-,23+,24-,27-/m0/s1. The monoisotopic (exact) mass is 500 g/mol. The summed E-state index contributed by atoms with van der Waals surface area (Å²) in [7, 11) is 0. The summed E-state index contributed by atoms with van der Waals surface area (Å²) in [4.78, 5) is 33.5. The molecule has 9 heteroatoms. The number of aliphatic hydroxyl groups is 1. The van der Waals surface area contributed by atoms with Crippen LogP contribution in [0.2, 0.25) is 0 Å². The maximum Gasteiger partial charge on any atom is 0.254 e. The molecule has 36 heavy (non-hydrogen) atoms. The van der Waals surface area contributed by atoms with Crippen molar-refractivity contribution in [3.63, 3.8) is 0 Å². The molecule has 0 saturated heterocycles. The van der Waals surface area contributed by atoms with Crippen molar-refractivity contribution in [3.8, 4) is 0 Å². The van der Waals surface area contributed by atoms with E-state index in [9.17, 15) is 23.5 Å². The van der Waals surface area contributed by atoms with Crippen LogP contribution in [0, 0.1) is 40.7 Å². The van der Waals surface area contributed by atoms with Gasteiger partial charge in [-0.25, -0.2) is 18.7 Å². The number of aromatic nitrogens is 2. The molecular weight excluding hydrogens is 466 g/mol. The fraction of sp³-hybridized carbons (Fsp3) is 0.556. The van der Waals surface area contributed by atoms with E-state index in [1.807, 2.05) is 0 Å². The molecule has 1 heterocycles. The Morgan fingerprint density at radius 3 is 2.44 bits per heavy atom. The predicted octanol–water partition coefficient (Wildman–Crippen LogP) is 3.63. The highest BCUT2D eigenvalue weighted by Crippen LogP contribution is 2.55. The van der Waals surface area contributed by atoms with Gasteiger partial charge >= 0.3 is 0 Å². The second-order valence-corrected chi connectivity index (χ2v) is 10.8. The van der Waals surface area contributed by atoms with Gasteiger partial charge in [-0.1, -0.05) is 20.8 Å². The van der Waals surface area contributed by atoms with E-state index < -0.39 is 23.7 Å². The Balaban J connectivity index is 1.42. The molecule has 7 nitrogen and oxygen atoms in total. The third kappa shape index (κ3) is 5.40. The minimum absolute atomic E-state index is 0.000612. The highest BCUT2D eigenvalue weighted by molar-refractivity contribution is 5.93. The van der Waals surface area contributed by atoms with Crippen molar-refractivity contribution in [2.24, 2.45) is 29.1 Å². The van der Waals surface area contributed by atoms with E-state index in [0.717, 1.165) is 25.3 Å². The molecule has 2 aromatic rings. The van der Waals surface area contributed by atoms with Crippen LogP contribution in [0.1, 0.15) is 62.4 Å². The van der Waals surface area contributed by atoms with E-state index in [4.69, 9.17) is 0 Å². The molecular formula is C27H34F2N4O3. The molecule has 194 valence electrons. The molecule has 2 aliphatic carbocycles. The zero-order valence-electron chi connectivity index (χ0n) is 20.9. The second kappa shape index (κ2) is 10.6. The molecule has 0 radical (unpaired) electrons. The van der Waals surface area contributed by atoms with Crippen molar-refractivity contribution in [1.29, 1.82) is 0 Å². The van der Waals surface area contributed by atoms with E-state index in [0.29, 0.717) is 17.5 Å². The number of carbonyl (C=O) groups excluding carboxylic acids is 2. The number of carbonyl (C=O) groups is 2. The first-order valence-corrected chi connectivity index (χ1v) is 12.6. The third-order valence-corrected chi connectivity index (χ3v) is 8.47. The number of halogens is 2. The Bertz CT molecular complexity index is 1080. The van der Waals surface area contributed by atoms with Crippen molar-refractivity contribution >= 4 is 11.8 Å². The van der Waals surface area contributed by atoms with Gasteiger partial charge in [-0.2, -0.15) is 0 Å². The van der Waals surface area contributed by atoms with Gasteiger partial charge < -0.3 is 15.7 Å². The Kier molecular flexibility index (Phi) is 7.68. The largest absolute Gasteiger partial charge is 0.392 e. The van der Waals surface area contributed by atoms with Gasteiger partial charge in [-0.15, -0.1) is 0 Å². The summed E-state index contributed by atoms with van der Waals surface area (Å²) >= 11 is 0. The van der Waals surface area contributed by atoms with Crippen LogP contribution in [-0.2, 0) is 11.3 Å². The SMILES string of the molecule is C[C@H]1[C@@H]2[C@@H](O)[C@@H]([C@H](C)C(=O)NCc3cc(F)cc(F)c3)CC[C@@]2(C)CC[C@@H]1NC(=O)c1cncnc1. The van der Waals surface area contributed by atoms with Gasteiger partial charge in [-0.05, 0) is 66.5 Å². The first-order valence-electron chi connectivity index (χ1n) is 12.6. The summed E-state index contributed by atoms with van der Waals surface area (Å²) < 4.78 is 26.9. The minimum atomic E-state index is -0.717. The molecule has 0 spiro atoms. The molecule has 7 atom stereocenters. The molecule has 2 saturated carbocycles. The minimum Gasteiger partial charge on any atom is -0.392 e. The average molecular weight is 501 g/mol. The molecule has 2 amide bonds. The van der Waals surface area contributed by atoms with Crippen LogP contribution >= 0.6 is 0 Å². The van der Waals surface area contributed by atoms with E-state index in [-0.39, 0.29) is 47.6 Å². The molecule has 2 aliphatic rings. The third-order valence-electron chi connectivity index (χ3n) is 8.47. The van der Waals surface area contributed by atoms with Gasteiger partial charge in [0.15, 0.2) is 0 Å². The molecule has 0 bridgehead atoms. The summed E-state index contributed by atoms with van der Waals surface area (Å²) in [6, 6.07) is 3.05. The number of nitrogens with zero attached hydrogens (tertiary/aromatic N) is 2. The molecule has 1 aromatic heterocycles. The van der Waals surface area contributed by atoms with Gasteiger partial charge in [0.1, 0.15) is 18.0 Å². The first-order chi connectivity index (χ1) is 17.1. The summed E-state index contributed by atoms with van der Waals surface area (Å²) in [6.07, 6.45) is 6.88. The van der Waals surface area contributed by atoms with Crippen LogP contribution in [0.3, 0.4) is 0 Å². The Hall–Kier alpha value is -2.94. The van der Waals surface area contributed by atoms with E-state index in [1.54, 1.807) is 6.92 Å². The number of hydrogen-bond donors (Lipinski definition) is 3. The smallest absolute Gasteiger partial charge is 0.254 e. The van der Waals surface area contributed by atoms with E-state index in [1.165, 1.54) is 30.9 Å². The van der Waals surface area contributed by atoms with E-state index >= 15 is 0 Å². The normalized spacial score (nSPS) is 30.7. The molecule has 4 rings (SSSR count). The van der Waals surface area contributed by atoms with Crippen molar-refractivity contribution in [2.45, 2.75) is 65.1 Å². The van der Waals surface area contributed by atoms with Crippen molar-refractivity contribution in [3.05, 3.63) is 59.7 Å². The fourth-order valence-electron chi connectivity index (χ4n) is 6.42. The Labute approximate surface area is 210 Å². The van der Waals surface area contributed by atoms with Gasteiger partial charge in [0.25, 0.3) is 5.91 Å². The highest BCUT2D eigenvalue weighted by atomic mass is 19.1. The lowest BCUT2D eigenvalue weighted by atomic mass is 9.51. The zero-order valence-corrected chi connectivity index (χ0v) is 20.9. The fourth-order valence-corrected chi connectivity index (χ4v) is 6.42. The summed E-state index contributed by atoms with van der Waals surface area (Å²) in [6.45, 7) is 6.05. The predicted molar refractivity (Wildman–Crippen MR) is 129 cm³/mol. The lowest BCUT2D eigenvalue weighted by molar-refractivity contribution is -0.142. The van der Waals surface area contributed by atoms with Crippen LogP contribution in [0.5, 0.6) is 0 Å². The number of amides is 2. The van der Waals surface area contributed by atoms with Crippen LogP contribution < -0.4 is 10.6 Å². The number of hydrogen-bond acceptors (Lipinski definition) is 5. The molecule has 0 aliphatic heterocycles. The van der Waals surface area contributed by atoms with Gasteiger partial charge in [0, 0.05) is 37.0 Å². The molecule has 0 unspecified atom stereocenters. The molecule has 3 N–H and O–H groups in total. The van der Waals surface area contributed by atoms with Crippen LogP contribution in [-0.4, -0.2) is 39.0 Å². The van der Waals surface area contributed by atoms with Gasteiger partial charge in [0.2, 0.25) is 5.91 Å². The lowest BCUT2D eigenvalue weighted by Gasteiger charge is -2.56. The number of rotatable bonds is 6. The van der Waals surface area contributed by atoms with Crippen LogP contribution in [0.25, 0.3) is 0 Å².